The number of rotatable bonds is 8. The highest BCUT2D eigenvalue weighted by Gasteiger charge is 2.52. The second-order valence-corrected chi connectivity index (χ2v) is 11.4. The Labute approximate surface area is 213 Å². The highest BCUT2D eigenvalue weighted by Crippen LogP contribution is 2.61. The average Bonchev–Trinajstić information content (AvgIpc) is 2.89. The Morgan fingerprint density at radius 3 is 2.14 bits per heavy atom. The molecule has 4 fully saturated rings. The molecular formula is C32H36O4. The Bertz CT molecular complexity index is 1220. The molecule has 0 aromatic heterocycles. The van der Waals surface area contributed by atoms with Gasteiger partial charge in [-0.15, -0.1) is 0 Å². The highest BCUT2D eigenvalue weighted by atomic mass is 16.7. The molecule has 0 radical (unpaired) electrons. The van der Waals surface area contributed by atoms with E-state index in [0.717, 1.165) is 29.7 Å². The van der Waals surface area contributed by atoms with Crippen molar-refractivity contribution in [1.82, 2.24) is 0 Å². The summed E-state index contributed by atoms with van der Waals surface area (Å²) in [6, 6.07) is 19.4. The van der Waals surface area contributed by atoms with Gasteiger partial charge in [0, 0.05) is 7.11 Å². The van der Waals surface area contributed by atoms with Crippen LogP contribution in [0.3, 0.4) is 0 Å². The number of hydrogen-bond acceptors (Lipinski definition) is 4. The third-order valence-corrected chi connectivity index (χ3v) is 9.03. The number of carbonyl (C=O) groups is 1. The first-order valence-corrected chi connectivity index (χ1v) is 13.4. The zero-order valence-corrected chi connectivity index (χ0v) is 21.4. The zero-order valence-electron chi connectivity index (χ0n) is 21.4. The summed E-state index contributed by atoms with van der Waals surface area (Å²) in [5, 5.41) is 2.58. The summed E-state index contributed by atoms with van der Waals surface area (Å²) in [7, 11) is 3.09. The van der Waals surface area contributed by atoms with Crippen LogP contribution in [0.25, 0.3) is 21.9 Å². The second-order valence-electron chi connectivity index (χ2n) is 11.4. The quantitative estimate of drug-likeness (QED) is 0.198. The molecule has 4 aliphatic rings. The van der Waals surface area contributed by atoms with E-state index in [9.17, 15) is 4.79 Å². The molecule has 4 aliphatic carbocycles. The van der Waals surface area contributed by atoms with Gasteiger partial charge in [-0.2, -0.15) is 0 Å². The third kappa shape index (κ3) is 4.35. The number of ether oxygens (including phenoxy) is 3. The second kappa shape index (κ2) is 9.64. The Kier molecular flexibility index (Phi) is 6.35. The predicted octanol–water partition coefficient (Wildman–Crippen LogP) is 6.92. The maximum atomic E-state index is 11.8. The zero-order chi connectivity index (χ0) is 24.7. The first-order valence-electron chi connectivity index (χ1n) is 13.4. The molecule has 3 aromatic carbocycles. The molecule has 0 atom stereocenters. The first kappa shape index (κ1) is 23.7. The summed E-state index contributed by atoms with van der Waals surface area (Å²) in [5.41, 5.74) is 6.22. The smallest absolute Gasteiger partial charge is 0.337 e. The fourth-order valence-electron chi connectivity index (χ4n) is 7.91. The molecule has 0 amide bonds. The maximum Gasteiger partial charge on any atom is 0.337 e. The molecule has 0 unspecified atom stereocenters. The lowest BCUT2D eigenvalue weighted by Gasteiger charge is -2.57. The number of esters is 1. The lowest BCUT2D eigenvalue weighted by Crippen LogP contribution is -2.49. The minimum atomic E-state index is -0.303. The van der Waals surface area contributed by atoms with Crippen LogP contribution in [0, 0.1) is 17.8 Å². The molecule has 0 spiro atoms. The molecule has 7 rings (SSSR count). The van der Waals surface area contributed by atoms with E-state index in [0.29, 0.717) is 24.4 Å². The van der Waals surface area contributed by atoms with Crippen molar-refractivity contribution in [3.05, 3.63) is 71.3 Å². The predicted molar refractivity (Wildman–Crippen MR) is 142 cm³/mol. The van der Waals surface area contributed by atoms with Gasteiger partial charge in [0.2, 0.25) is 0 Å². The molecule has 0 N–H and O–H groups in total. The number of methoxy groups -OCH3 is 2. The van der Waals surface area contributed by atoms with Crippen molar-refractivity contribution in [3.63, 3.8) is 0 Å². The first-order chi connectivity index (χ1) is 17.6. The fourth-order valence-corrected chi connectivity index (χ4v) is 7.91. The molecule has 4 heteroatoms. The van der Waals surface area contributed by atoms with E-state index >= 15 is 0 Å². The monoisotopic (exact) mass is 484 g/mol. The minimum Gasteiger partial charge on any atom is -0.465 e. The Morgan fingerprint density at radius 2 is 1.50 bits per heavy atom. The number of fused-ring (bicyclic) bond motifs is 1. The summed E-state index contributed by atoms with van der Waals surface area (Å²) < 4.78 is 15.7. The summed E-state index contributed by atoms with van der Waals surface area (Å²) in [5.74, 6) is 2.42. The van der Waals surface area contributed by atoms with Crippen molar-refractivity contribution in [1.29, 1.82) is 0 Å². The Morgan fingerprint density at radius 1 is 0.833 bits per heavy atom. The maximum absolute atomic E-state index is 11.8. The van der Waals surface area contributed by atoms with Gasteiger partial charge in [-0.25, -0.2) is 4.79 Å². The average molecular weight is 485 g/mol. The SMILES string of the molecule is COCOCCc1cc2ccc(-c3ccc(C(=O)OC)cc3)cc2cc1C12CC3CC(CC(C3)C1)C2. The lowest BCUT2D eigenvalue weighted by atomic mass is 9.47. The van der Waals surface area contributed by atoms with Crippen molar-refractivity contribution in [2.24, 2.45) is 17.8 Å². The van der Waals surface area contributed by atoms with Gasteiger partial charge in [-0.3, -0.25) is 0 Å². The molecule has 3 aromatic rings. The van der Waals surface area contributed by atoms with Crippen molar-refractivity contribution >= 4 is 16.7 Å². The minimum absolute atomic E-state index is 0.303. The summed E-state index contributed by atoms with van der Waals surface area (Å²) >= 11 is 0. The van der Waals surface area contributed by atoms with Crippen LogP contribution < -0.4 is 0 Å². The van der Waals surface area contributed by atoms with Crippen molar-refractivity contribution < 1.29 is 19.0 Å². The van der Waals surface area contributed by atoms with Gasteiger partial charge in [0.1, 0.15) is 6.79 Å². The number of hydrogen-bond donors (Lipinski definition) is 0. The third-order valence-electron chi connectivity index (χ3n) is 9.03. The van der Waals surface area contributed by atoms with E-state index in [1.165, 1.54) is 67.5 Å². The summed E-state index contributed by atoms with van der Waals surface area (Å²) in [6.45, 7) is 1.03. The molecule has 4 saturated carbocycles. The van der Waals surface area contributed by atoms with Crippen LogP contribution in [0.1, 0.15) is 60.0 Å². The van der Waals surface area contributed by atoms with E-state index in [1.807, 2.05) is 24.3 Å². The van der Waals surface area contributed by atoms with Gasteiger partial charge < -0.3 is 14.2 Å². The van der Waals surface area contributed by atoms with Gasteiger partial charge in [-0.1, -0.05) is 36.4 Å². The van der Waals surface area contributed by atoms with Gasteiger partial charge in [0.15, 0.2) is 0 Å². The van der Waals surface area contributed by atoms with E-state index in [4.69, 9.17) is 14.2 Å². The van der Waals surface area contributed by atoms with Crippen LogP contribution in [0.15, 0.2) is 54.6 Å². The van der Waals surface area contributed by atoms with E-state index in [1.54, 1.807) is 12.7 Å². The molecule has 0 aliphatic heterocycles. The molecule has 4 nitrogen and oxygen atoms in total. The van der Waals surface area contributed by atoms with Crippen molar-refractivity contribution in [2.45, 2.75) is 50.4 Å². The van der Waals surface area contributed by atoms with E-state index in [2.05, 4.69) is 30.3 Å². The summed E-state index contributed by atoms with van der Waals surface area (Å²) in [6.07, 6.45) is 9.33. The lowest BCUT2D eigenvalue weighted by molar-refractivity contribution is -0.0296. The highest BCUT2D eigenvalue weighted by molar-refractivity contribution is 5.91. The molecule has 0 saturated heterocycles. The van der Waals surface area contributed by atoms with Gasteiger partial charge in [0.25, 0.3) is 0 Å². The normalized spacial score (nSPS) is 26.4. The van der Waals surface area contributed by atoms with Crippen LogP contribution >= 0.6 is 0 Å². The van der Waals surface area contributed by atoms with Crippen LogP contribution in [0.4, 0.5) is 0 Å². The Balaban J connectivity index is 1.39. The number of benzene rings is 3. The van der Waals surface area contributed by atoms with Gasteiger partial charge >= 0.3 is 5.97 Å². The van der Waals surface area contributed by atoms with E-state index in [-0.39, 0.29) is 5.97 Å². The summed E-state index contributed by atoms with van der Waals surface area (Å²) in [4.78, 5) is 11.8. The van der Waals surface area contributed by atoms with Gasteiger partial charge in [-0.05, 0) is 119 Å². The topological polar surface area (TPSA) is 44.8 Å². The Hall–Kier alpha value is -2.69. The molecular weight excluding hydrogens is 448 g/mol. The molecule has 188 valence electrons. The van der Waals surface area contributed by atoms with E-state index < -0.39 is 0 Å². The molecule has 4 bridgehead atoms. The largest absolute Gasteiger partial charge is 0.465 e. The van der Waals surface area contributed by atoms with Gasteiger partial charge in [0.05, 0.1) is 19.3 Å². The van der Waals surface area contributed by atoms with Crippen LogP contribution in [0.5, 0.6) is 0 Å². The number of carbonyl (C=O) groups excluding carboxylic acids is 1. The standard InChI is InChI=1S/C32H36O4/c1-34-20-36-10-9-28-14-27-8-7-26(24-3-5-25(6-4-24)31(33)35-2)15-29(27)16-30(28)32-17-21-11-22(18-32)13-23(12-21)19-32/h3-8,14-16,21-23H,9-13,17-20H2,1-2H3. The fraction of sp³-hybridized carbons (Fsp3) is 0.469. The molecule has 0 heterocycles. The van der Waals surface area contributed by atoms with Crippen LogP contribution in [0.2, 0.25) is 0 Å². The van der Waals surface area contributed by atoms with Crippen LogP contribution in [-0.4, -0.2) is 33.6 Å². The van der Waals surface area contributed by atoms with Crippen LogP contribution in [-0.2, 0) is 26.0 Å². The van der Waals surface area contributed by atoms with Crippen molar-refractivity contribution in [3.8, 4) is 11.1 Å². The molecule has 36 heavy (non-hydrogen) atoms. The van der Waals surface area contributed by atoms with Crippen molar-refractivity contribution in [2.75, 3.05) is 27.6 Å².